The summed E-state index contributed by atoms with van der Waals surface area (Å²) in [6.07, 6.45) is 0. The van der Waals surface area contributed by atoms with Crippen molar-refractivity contribution in [3.8, 4) is 0 Å². The number of rotatable bonds is 1. The molecule has 3 heteroatoms. The van der Waals surface area contributed by atoms with Gasteiger partial charge in [0.1, 0.15) is 0 Å². The summed E-state index contributed by atoms with van der Waals surface area (Å²) in [5.41, 5.74) is 0. The molecule has 1 aliphatic heterocycles. The van der Waals surface area contributed by atoms with Crippen LogP contribution in [-0.4, -0.2) is 20.8 Å². The lowest BCUT2D eigenvalue weighted by molar-refractivity contribution is 0.941. The van der Waals surface area contributed by atoms with Gasteiger partial charge in [0.25, 0.3) is 0 Å². The van der Waals surface area contributed by atoms with Crippen LogP contribution >= 0.6 is 36.2 Å². The third-order valence-electron chi connectivity index (χ3n) is 1.54. The molecule has 0 N–H and O–H groups in total. The Morgan fingerprint density at radius 2 is 1.45 bits per heavy atom. The minimum Gasteiger partial charge on any atom is -0.177 e. The van der Waals surface area contributed by atoms with Crippen molar-refractivity contribution in [2.24, 2.45) is 0 Å². The van der Waals surface area contributed by atoms with E-state index in [1.807, 2.05) is 0 Å². The summed E-state index contributed by atoms with van der Waals surface area (Å²) < 4.78 is 0.748. The van der Waals surface area contributed by atoms with E-state index < -0.39 is 0 Å². The van der Waals surface area contributed by atoms with Gasteiger partial charge in [0.05, 0.1) is 4.58 Å². The van der Waals surface area contributed by atoms with E-state index in [2.05, 4.69) is 50.0 Å². The second-order valence-corrected chi connectivity index (χ2v) is 6.13. The Labute approximate surface area is 85.7 Å². The topological polar surface area (TPSA) is 0 Å². The second kappa shape index (κ2) is 6.55. The average molecular weight is 212 g/mol. The Hall–Kier alpha value is 1.05. The smallest absolute Gasteiger partial charge is 0.0596 e. The molecule has 1 rings (SSSR count). The van der Waals surface area contributed by atoms with Crippen molar-refractivity contribution in [1.29, 1.82) is 0 Å². The summed E-state index contributed by atoms with van der Waals surface area (Å²) in [6, 6.07) is 0. The van der Waals surface area contributed by atoms with Gasteiger partial charge >= 0.3 is 0 Å². The zero-order chi connectivity index (χ0) is 6.85. The first kappa shape index (κ1) is 14.6. The molecule has 0 aromatic heterocycles. The van der Waals surface area contributed by atoms with Gasteiger partial charge < -0.3 is 0 Å². The molecule has 11 heavy (non-hydrogen) atoms. The molecule has 1 aliphatic rings. The Bertz CT molecular complexity index is 85.3. The summed E-state index contributed by atoms with van der Waals surface area (Å²) in [7, 11) is 0. The van der Waals surface area contributed by atoms with Crippen LogP contribution in [-0.2, 0) is 0 Å². The van der Waals surface area contributed by atoms with E-state index >= 15 is 0 Å². The quantitative estimate of drug-likeness (QED) is 0.657. The fourth-order valence-corrected chi connectivity index (χ4v) is 4.60. The number of thioether (sulfide) groups is 2. The predicted octanol–water partition coefficient (Wildman–Crippen LogP) is 3.77. The summed E-state index contributed by atoms with van der Waals surface area (Å²) in [4.78, 5) is 0. The van der Waals surface area contributed by atoms with Crippen molar-refractivity contribution in [1.82, 2.24) is 0 Å². The van der Waals surface area contributed by atoms with Gasteiger partial charge in [0.15, 0.2) is 0 Å². The number of hydrogen-bond acceptors (Lipinski definition) is 3. The second-order valence-electron chi connectivity index (χ2n) is 2.29. The highest BCUT2D eigenvalue weighted by atomic mass is 32.2. The molecule has 0 nitrogen and oxygen atoms in total. The molecule has 0 aliphatic carbocycles. The maximum absolute atomic E-state index is 4.26. The maximum atomic E-state index is 4.26. The lowest BCUT2D eigenvalue weighted by Gasteiger charge is -2.02. The largest absolute Gasteiger partial charge is 0.177 e. The lowest BCUT2D eigenvalue weighted by atomic mass is 10.4. The third kappa shape index (κ3) is 4.00. The van der Waals surface area contributed by atoms with E-state index in [-0.39, 0.29) is 14.9 Å². The lowest BCUT2D eigenvalue weighted by Crippen LogP contribution is -2.04. The third-order valence-corrected chi connectivity index (χ3v) is 5.86. The summed E-state index contributed by atoms with van der Waals surface area (Å²) >= 11 is 8.38. The molecule has 1 saturated heterocycles. The molecule has 2 atom stereocenters. The van der Waals surface area contributed by atoms with E-state index in [4.69, 9.17) is 0 Å². The summed E-state index contributed by atoms with van der Waals surface area (Å²) in [5.74, 6) is 1.02. The Balaban J connectivity index is 0. The molecule has 1 fully saturated rings. The van der Waals surface area contributed by atoms with Crippen LogP contribution < -0.4 is 0 Å². The standard InChI is InChI=1S/C6H12S3.2CH4/c1-4-5(2)9-6(3-7)8-4;;/h4-7H,3H2,1-2H3;2*1H4. The Kier molecular flexibility index (Phi) is 8.68. The van der Waals surface area contributed by atoms with Crippen LogP contribution in [0.1, 0.15) is 28.7 Å². The van der Waals surface area contributed by atoms with Crippen molar-refractivity contribution < 1.29 is 0 Å². The normalized spacial score (nSPS) is 35.7. The first-order chi connectivity index (χ1) is 4.24. The van der Waals surface area contributed by atoms with E-state index in [9.17, 15) is 0 Å². The Morgan fingerprint density at radius 3 is 1.64 bits per heavy atom. The van der Waals surface area contributed by atoms with Crippen molar-refractivity contribution in [2.45, 2.75) is 43.8 Å². The molecule has 0 radical (unpaired) electrons. The number of hydrogen-bond donors (Lipinski definition) is 1. The van der Waals surface area contributed by atoms with Crippen LogP contribution in [0, 0.1) is 0 Å². The van der Waals surface area contributed by atoms with Crippen LogP contribution in [0.15, 0.2) is 0 Å². The molecule has 70 valence electrons. The first-order valence-corrected chi connectivity index (χ1v) is 5.67. The molecule has 0 saturated carbocycles. The summed E-state index contributed by atoms with van der Waals surface area (Å²) in [5, 5.41) is 1.65. The molecular weight excluding hydrogens is 192 g/mol. The zero-order valence-corrected chi connectivity index (χ0v) is 8.23. The van der Waals surface area contributed by atoms with Crippen LogP contribution in [0.3, 0.4) is 0 Å². The van der Waals surface area contributed by atoms with Gasteiger partial charge in [-0.15, -0.1) is 23.5 Å². The minimum atomic E-state index is 0. The molecule has 0 amide bonds. The van der Waals surface area contributed by atoms with Gasteiger partial charge in [-0.1, -0.05) is 28.7 Å². The van der Waals surface area contributed by atoms with Crippen molar-refractivity contribution >= 4 is 36.2 Å². The van der Waals surface area contributed by atoms with Gasteiger partial charge in [-0.25, -0.2) is 0 Å². The molecule has 2 unspecified atom stereocenters. The van der Waals surface area contributed by atoms with Gasteiger partial charge in [0, 0.05) is 16.3 Å². The predicted molar refractivity (Wildman–Crippen MR) is 65.2 cm³/mol. The van der Waals surface area contributed by atoms with E-state index in [0.717, 1.165) is 20.8 Å². The van der Waals surface area contributed by atoms with E-state index in [1.165, 1.54) is 0 Å². The molecule has 0 spiro atoms. The van der Waals surface area contributed by atoms with Gasteiger partial charge in [-0.2, -0.15) is 12.6 Å². The highest BCUT2D eigenvalue weighted by molar-refractivity contribution is 8.21. The van der Waals surface area contributed by atoms with Crippen molar-refractivity contribution in [3.63, 3.8) is 0 Å². The van der Waals surface area contributed by atoms with Gasteiger partial charge in [0.2, 0.25) is 0 Å². The first-order valence-electron chi connectivity index (χ1n) is 3.16. The van der Waals surface area contributed by atoms with Crippen molar-refractivity contribution in [3.05, 3.63) is 0 Å². The van der Waals surface area contributed by atoms with Crippen molar-refractivity contribution in [2.75, 3.05) is 5.75 Å². The van der Waals surface area contributed by atoms with E-state index in [0.29, 0.717) is 0 Å². The highest BCUT2D eigenvalue weighted by Crippen LogP contribution is 2.43. The molecule has 0 aromatic rings. The molecule has 0 aromatic carbocycles. The maximum Gasteiger partial charge on any atom is 0.0596 e. The van der Waals surface area contributed by atoms with Crippen LogP contribution in [0.2, 0.25) is 0 Å². The van der Waals surface area contributed by atoms with Crippen LogP contribution in [0.25, 0.3) is 0 Å². The zero-order valence-electron chi connectivity index (χ0n) is 5.70. The molecular formula is C8H20S3. The highest BCUT2D eigenvalue weighted by Gasteiger charge is 2.27. The summed E-state index contributed by atoms with van der Waals surface area (Å²) in [6.45, 7) is 4.59. The fraction of sp³-hybridized carbons (Fsp3) is 1.00. The van der Waals surface area contributed by atoms with Crippen LogP contribution in [0.5, 0.6) is 0 Å². The van der Waals surface area contributed by atoms with Gasteiger partial charge in [-0.3, -0.25) is 0 Å². The minimum absolute atomic E-state index is 0. The van der Waals surface area contributed by atoms with Crippen LogP contribution in [0.4, 0.5) is 0 Å². The van der Waals surface area contributed by atoms with Gasteiger partial charge in [-0.05, 0) is 0 Å². The monoisotopic (exact) mass is 212 g/mol. The Morgan fingerprint density at radius 1 is 1.09 bits per heavy atom. The average Bonchev–Trinajstić information content (AvgIpc) is 2.13. The molecule has 0 bridgehead atoms. The fourth-order valence-electron chi connectivity index (χ4n) is 0.818. The number of thiol groups is 1. The molecule has 1 heterocycles. The SMILES string of the molecule is C.C.CC1SC(CS)SC1C. The van der Waals surface area contributed by atoms with E-state index in [1.54, 1.807) is 0 Å².